The van der Waals surface area contributed by atoms with E-state index in [9.17, 15) is 5.26 Å². The number of nitrogens with zero attached hydrogens (tertiary/aromatic N) is 3. The second kappa shape index (κ2) is 11.4. The van der Waals surface area contributed by atoms with E-state index in [4.69, 9.17) is 9.97 Å². The van der Waals surface area contributed by atoms with Crippen molar-refractivity contribution < 1.29 is 0 Å². The maximum atomic E-state index is 9.47. The Kier molecular flexibility index (Phi) is 6.85. The molecular weight excluding hydrogens is 571 g/mol. The van der Waals surface area contributed by atoms with Crippen LogP contribution in [0, 0.1) is 11.3 Å². The fourth-order valence-corrected chi connectivity index (χ4v) is 6.92. The van der Waals surface area contributed by atoms with Gasteiger partial charge in [-0.25, -0.2) is 9.97 Å². The Morgan fingerprint density at radius 1 is 0.447 bits per heavy atom. The number of nitriles is 1. The summed E-state index contributed by atoms with van der Waals surface area (Å²) in [5.74, 6) is 0.675. The highest BCUT2D eigenvalue weighted by atomic mass is 14.9. The summed E-state index contributed by atoms with van der Waals surface area (Å²) in [6, 6.07) is 54.8. The normalized spacial score (nSPS) is 12.6. The zero-order valence-electron chi connectivity index (χ0n) is 26.3. The summed E-state index contributed by atoms with van der Waals surface area (Å²) in [7, 11) is 0. The van der Waals surface area contributed by atoms with Crippen LogP contribution < -0.4 is 0 Å². The van der Waals surface area contributed by atoms with E-state index >= 15 is 0 Å². The zero-order valence-corrected chi connectivity index (χ0v) is 26.3. The Balaban J connectivity index is 1.29. The van der Waals surface area contributed by atoms with Gasteiger partial charge in [0, 0.05) is 22.1 Å². The molecule has 3 heteroatoms. The van der Waals surface area contributed by atoms with Crippen molar-refractivity contribution in [2.45, 2.75) is 19.3 Å². The molecule has 1 aromatic heterocycles. The zero-order chi connectivity index (χ0) is 32.0. The Morgan fingerprint density at radius 3 is 1.87 bits per heavy atom. The summed E-state index contributed by atoms with van der Waals surface area (Å²) in [6.45, 7) is 4.63. The lowest BCUT2D eigenvalue weighted by Gasteiger charge is -2.21. The summed E-state index contributed by atoms with van der Waals surface area (Å²) < 4.78 is 0. The van der Waals surface area contributed by atoms with Crippen molar-refractivity contribution in [2.24, 2.45) is 0 Å². The molecule has 0 unspecified atom stereocenters. The van der Waals surface area contributed by atoms with Crippen molar-refractivity contribution in [1.29, 1.82) is 5.26 Å². The average molecular weight is 602 g/mol. The van der Waals surface area contributed by atoms with Gasteiger partial charge in [-0.1, -0.05) is 135 Å². The van der Waals surface area contributed by atoms with Crippen LogP contribution >= 0.6 is 0 Å². The topological polar surface area (TPSA) is 49.6 Å². The molecule has 0 amide bonds. The molecule has 47 heavy (non-hydrogen) atoms. The van der Waals surface area contributed by atoms with Crippen LogP contribution in [0.15, 0.2) is 152 Å². The van der Waals surface area contributed by atoms with Crippen molar-refractivity contribution in [3.05, 3.63) is 168 Å². The lowest BCUT2D eigenvalue weighted by molar-refractivity contribution is 0.660. The second-order valence-electron chi connectivity index (χ2n) is 12.6. The van der Waals surface area contributed by atoms with Gasteiger partial charge < -0.3 is 0 Å². The maximum Gasteiger partial charge on any atom is 0.160 e. The largest absolute Gasteiger partial charge is 0.228 e. The molecule has 1 aliphatic rings. The highest BCUT2D eigenvalue weighted by Gasteiger charge is 2.35. The van der Waals surface area contributed by atoms with E-state index in [-0.39, 0.29) is 5.41 Å². The molecule has 0 saturated carbocycles. The van der Waals surface area contributed by atoms with E-state index in [1.54, 1.807) is 0 Å². The standard InChI is InChI=1S/C44H31N3/c1-44(2)39-21-9-8-19-36(39)38-26-33(22-23-40(38)44)35-18-6-7-20-37(35)42-27-41(46-43(47-42)30-13-4-3-5-14-30)34-17-11-16-32(25-34)31-15-10-12-29(24-31)28-45/h3-27H,1-2H3. The summed E-state index contributed by atoms with van der Waals surface area (Å²) >= 11 is 0. The molecule has 6 aromatic carbocycles. The first kappa shape index (κ1) is 28.4. The second-order valence-corrected chi connectivity index (χ2v) is 12.6. The number of benzene rings is 6. The van der Waals surface area contributed by atoms with Gasteiger partial charge in [0.05, 0.1) is 23.0 Å². The first-order valence-corrected chi connectivity index (χ1v) is 15.9. The number of hydrogen-bond donors (Lipinski definition) is 0. The van der Waals surface area contributed by atoms with Crippen molar-refractivity contribution >= 4 is 0 Å². The summed E-state index contributed by atoms with van der Waals surface area (Å²) in [5, 5.41) is 9.47. The highest BCUT2D eigenvalue weighted by Crippen LogP contribution is 2.50. The third kappa shape index (κ3) is 5.01. The first-order valence-electron chi connectivity index (χ1n) is 15.9. The third-order valence-corrected chi connectivity index (χ3v) is 9.34. The average Bonchev–Trinajstić information content (AvgIpc) is 3.37. The summed E-state index contributed by atoms with van der Waals surface area (Å²) in [4.78, 5) is 10.3. The minimum atomic E-state index is -0.0411. The molecule has 0 N–H and O–H groups in total. The number of hydrogen-bond acceptors (Lipinski definition) is 3. The van der Waals surface area contributed by atoms with Crippen LogP contribution in [0.3, 0.4) is 0 Å². The van der Waals surface area contributed by atoms with E-state index < -0.39 is 0 Å². The Labute approximate surface area is 275 Å². The van der Waals surface area contributed by atoms with Gasteiger partial charge in [-0.05, 0) is 74.8 Å². The molecule has 0 radical (unpaired) electrons. The van der Waals surface area contributed by atoms with Crippen molar-refractivity contribution in [3.63, 3.8) is 0 Å². The van der Waals surface area contributed by atoms with Crippen molar-refractivity contribution in [1.82, 2.24) is 9.97 Å². The molecule has 0 spiro atoms. The van der Waals surface area contributed by atoms with Gasteiger partial charge in [-0.15, -0.1) is 0 Å². The van der Waals surface area contributed by atoms with Crippen LogP contribution in [-0.4, -0.2) is 9.97 Å². The minimum Gasteiger partial charge on any atom is -0.228 e. The fraction of sp³-hybridized carbons (Fsp3) is 0.0682. The van der Waals surface area contributed by atoms with Crippen LogP contribution in [0.1, 0.15) is 30.5 Å². The van der Waals surface area contributed by atoms with Gasteiger partial charge in [0.1, 0.15) is 0 Å². The van der Waals surface area contributed by atoms with Gasteiger partial charge in [-0.2, -0.15) is 5.26 Å². The van der Waals surface area contributed by atoms with Gasteiger partial charge in [0.25, 0.3) is 0 Å². The smallest absolute Gasteiger partial charge is 0.160 e. The molecule has 0 aliphatic heterocycles. The Hall–Kier alpha value is -6.11. The molecule has 1 aliphatic carbocycles. The predicted molar refractivity (Wildman–Crippen MR) is 191 cm³/mol. The fourth-order valence-electron chi connectivity index (χ4n) is 6.92. The maximum absolute atomic E-state index is 9.47. The number of aromatic nitrogens is 2. The lowest BCUT2D eigenvalue weighted by atomic mass is 9.82. The minimum absolute atomic E-state index is 0.0411. The SMILES string of the molecule is CC1(C)c2ccccc2-c2cc(-c3ccccc3-c3cc(-c4cccc(-c5cccc(C#N)c5)c4)nc(-c4ccccc4)n3)ccc21. The van der Waals surface area contributed by atoms with Crippen LogP contribution in [0.2, 0.25) is 0 Å². The van der Waals surface area contributed by atoms with E-state index in [1.807, 2.05) is 48.5 Å². The van der Waals surface area contributed by atoms with E-state index in [2.05, 4.69) is 123 Å². The van der Waals surface area contributed by atoms with Crippen LogP contribution in [0.5, 0.6) is 0 Å². The third-order valence-electron chi connectivity index (χ3n) is 9.34. The van der Waals surface area contributed by atoms with Crippen LogP contribution in [-0.2, 0) is 5.41 Å². The van der Waals surface area contributed by atoms with Crippen molar-refractivity contribution in [3.8, 4) is 73.4 Å². The van der Waals surface area contributed by atoms with Crippen LogP contribution in [0.25, 0.3) is 67.3 Å². The number of rotatable bonds is 5. The van der Waals surface area contributed by atoms with Gasteiger partial charge in [-0.3, -0.25) is 0 Å². The Morgan fingerprint density at radius 2 is 1.06 bits per heavy atom. The summed E-state index contributed by atoms with van der Waals surface area (Å²) in [6.07, 6.45) is 0. The number of fused-ring (bicyclic) bond motifs is 3. The molecule has 0 bridgehead atoms. The molecule has 222 valence electrons. The molecule has 1 heterocycles. The first-order chi connectivity index (χ1) is 23.0. The van der Waals surface area contributed by atoms with E-state index in [0.717, 1.165) is 50.3 Å². The molecular formula is C44H31N3. The highest BCUT2D eigenvalue weighted by molar-refractivity contribution is 5.89. The lowest BCUT2D eigenvalue weighted by Crippen LogP contribution is -2.14. The van der Waals surface area contributed by atoms with E-state index in [1.165, 1.54) is 22.3 Å². The molecule has 3 nitrogen and oxygen atoms in total. The molecule has 0 saturated heterocycles. The monoisotopic (exact) mass is 601 g/mol. The molecule has 0 atom stereocenters. The van der Waals surface area contributed by atoms with E-state index in [0.29, 0.717) is 11.4 Å². The molecule has 8 rings (SSSR count). The van der Waals surface area contributed by atoms with Gasteiger partial charge in [0.15, 0.2) is 5.82 Å². The van der Waals surface area contributed by atoms with Gasteiger partial charge in [0.2, 0.25) is 0 Å². The summed E-state index contributed by atoms with van der Waals surface area (Å²) in [5.41, 5.74) is 14.9. The molecule has 7 aromatic rings. The Bertz CT molecular complexity index is 2340. The quantitative estimate of drug-likeness (QED) is 0.197. The van der Waals surface area contributed by atoms with Crippen LogP contribution in [0.4, 0.5) is 0 Å². The molecule has 0 fully saturated rings. The predicted octanol–water partition coefficient (Wildman–Crippen LogP) is 11.0. The van der Waals surface area contributed by atoms with Gasteiger partial charge >= 0.3 is 0 Å². The van der Waals surface area contributed by atoms with Crippen molar-refractivity contribution in [2.75, 3.05) is 0 Å².